The third kappa shape index (κ3) is 2.24. The van der Waals surface area contributed by atoms with E-state index in [1.807, 2.05) is 24.3 Å². The zero-order valence-electron chi connectivity index (χ0n) is 8.37. The lowest BCUT2D eigenvalue weighted by Gasteiger charge is -2.02. The van der Waals surface area contributed by atoms with E-state index in [2.05, 4.69) is 19.3 Å². The molecule has 0 fully saturated rings. The van der Waals surface area contributed by atoms with E-state index < -0.39 is 0 Å². The summed E-state index contributed by atoms with van der Waals surface area (Å²) >= 11 is 8.67. The summed E-state index contributed by atoms with van der Waals surface area (Å²) in [6, 6.07) is 7.75. The molecule has 0 N–H and O–H groups in total. The summed E-state index contributed by atoms with van der Waals surface area (Å²) in [5, 5.41) is 2.02. The van der Waals surface area contributed by atoms with E-state index in [1.165, 1.54) is 29.6 Å². The average molecular weight is 281 g/mol. The van der Waals surface area contributed by atoms with Gasteiger partial charge in [0.2, 0.25) is 5.28 Å². The molecule has 0 bridgehead atoms. The quantitative estimate of drug-likeness (QED) is 0.532. The van der Waals surface area contributed by atoms with Gasteiger partial charge in [-0.1, -0.05) is 18.2 Å². The van der Waals surface area contributed by atoms with Gasteiger partial charge in [0.1, 0.15) is 11.4 Å². The van der Waals surface area contributed by atoms with Crippen molar-refractivity contribution in [3.8, 4) is 0 Å². The van der Waals surface area contributed by atoms with Crippen molar-refractivity contribution in [2.75, 3.05) is 0 Å². The van der Waals surface area contributed by atoms with Crippen LogP contribution in [-0.4, -0.2) is 19.3 Å². The van der Waals surface area contributed by atoms with Crippen LogP contribution in [0.2, 0.25) is 5.28 Å². The van der Waals surface area contributed by atoms with Gasteiger partial charge in [0.15, 0.2) is 4.34 Å². The molecule has 1 aromatic carbocycles. The molecular weight excluding hydrogens is 276 g/mol. The molecular formula is C10H5ClN4S2. The normalized spacial score (nSPS) is 10.9. The van der Waals surface area contributed by atoms with Crippen LogP contribution in [0, 0.1) is 0 Å². The molecule has 3 aromatic rings. The average Bonchev–Trinajstić information content (AvgIpc) is 2.81. The number of aromatic nitrogens is 4. The molecule has 0 aliphatic carbocycles. The SMILES string of the molecule is Clc1nc(Sc2ncns2)c2ccccc2n1. The smallest absolute Gasteiger partial charge is 0.218 e. The van der Waals surface area contributed by atoms with Crippen molar-refractivity contribution >= 4 is 45.8 Å². The number of fused-ring (bicyclic) bond motifs is 1. The summed E-state index contributed by atoms with van der Waals surface area (Å²) in [5.74, 6) is 0. The highest BCUT2D eigenvalue weighted by Crippen LogP contribution is 2.32. The monoisotopic (exact) mass is 280 g/mol. The van der Waals surface area contributed by atoms with E-state index in [-0.39, 0.29) is 5.28 Å². The van der Waals surface area contributed by atoms with Crippen LogP contribution in [-0.2, 0) is 0 Å². The minimum atomic E-state index is 0.246. The molecule has 0 amide bonds. The molecule has 0 aliphatic heterocycles. The molecule has 0 spiro atoms. The maximum absolute atomic E-state index is 5.90. The summed E-state index contributed by atoms with van der Waals surface area (Å²) in [5.41, 5.74) is 0.833. The second kappa shape index (κ2) is 4.56. The van der Waals surface area contributed by atoms with Crippen LogP contribution in [0.4, 0.5) is 0 Å². The van der Waals surface area contributed by atoms with Gasteiger partial charge in [-0.15, -0.1) is 0 Å². The van der Waals surface area contributed by atoms with Crippen molar-refractivity contribution in [3.05, 3.63) is 35.9 Å². The molecule has 84 valence electrons. The van der Waals surface area contributed by atoms with Crippen molar-refractivity contribution in [1.82, 2.24) is 19.3 Å². The summed E-state index contributed by atoms with van der Waals surface area (Å²) in [6.07, 6.45) is 1.53. The van der Waals surface area contributed by atoms with Gasteiger partial charge in [-0.3, -0.25) is 0 Å². The Balaban J connectivity index is 2.14. The van der Waals surface area contributed by atoms with Gasteiger partial charge in [0.25, 0.3) is 0 Å². The number of hydrogen-bond donors (Lipinski definition) is 0. The number of halogens is 1. The third-order valence-electron chi connectivity index (χ3n) is 2.07. The van der Waals surface area contributed by atoms with Crippen LogP contribution in [0.25, 0.3) is 10.9 Å². The molecule has 0 radical (unpaired) electrons. The Bertz CT molecular complexity index is 656. The van der Waals surface area contributed by atoms with Gasteiger partial charge < -0.3 is 0 Å². The van der Waals surface area contributed by atoms with Crippen molar-refractivity contribution in [1.29, 1.82) is 0 Å². The first-order chi connectivity index (χ1) is 8.33. The molecule has 3 rings (SSSR count). The lowest BCUT2D eigenvalue weighted by atomic mass is 10.2. The van der Waals surface area contributed by atoms with E-state index in [9.17, 15) is 0 Å². The summed E-state index contributed by atoms with van der Waals surface area (Å²) in [7, 11) is 0. The van der Waals surface area contributed by atoms with Crippen LogP contribution in [0.5, 0.6) is 0 Å². The Kier molecular flexibility index (Phi) is 2.92. The Morgan fingerprint density at radius 3 is 2.88 bits per heavy atom. The molecule has 17 heavy (non-hydrogen) atoms. The molecule has 0 unspecified atom stereocenters. The van der Waals surface area contributed by atoms with Gasteiger partial charge in [0, 0.05) is 5.39 Å². The van der Waals surface area contributed by atoms with Crippen LogP contribution in [0.3, 0.4) is 0 Å². The zero-order chi connectivity index (χ0) is 11.7. The maximum atomic E-state index is 5.90. The van der Waals surface area contributed by atoms with Crippen molar-refractivity contribution in [2.45, 2.75) is 9.37 Å². The maximum Gasteiger partial charge on any atom is 0.224 e. The first kappa shape index (κ1) is 10.9. The molecule has 0 atom stereocenters. The first-order valence-corrected chi connectivity index (χ1v) is 6.66. The fourth-order valence-electron chi connectivity index (χ4n) is 1.39. The van der Waals surface area contributed by atoms with Crippen LogP contribution in [0.15, 0.2) is 40.0 Å². The number of hydrogen-bond acceptors (Lipinski definition) is 6. The summed E-state index contributed by atoms with van der Waals surface area (Å²) in [4.78, 5) is 12.5. The number of nitrogens with zero attached hydrogens (tertiary/aromatic N) is 4. The minimum absolute atomic E-state index is 0.246. The topological polar surface area (TPSA) is 51.6 Å². The van der Waals surface area contributed by atoms with Crippen molar-refractivity contribution in [3.63, 3.8) is 0 Å². The van der Waals surface area contributed by atoms with E-state index in [0.29, 0.717) is 0 Å². The lowest BCUT2D eigenvalue weighted by Crippen LogP contribution is -1.88. The van der Waals surface area contributed by atoms with Gasteiger partial charge in [-0.25, -0.2) is 15.0 Å². The highest BCUT2D eigenvalue weighted by Gasteiger charge is 2.09. The third-order valence-corrected chi connectivity index (χ3v) is 3.95. The van der Waals surface area contributed by atoms with Gasteiger partial charge in [0.05, 0.1) is 5.52 Å². The predicted octanol–water partition coefficient (Wildman–Crippen LogP) is 3.29. The highest BCUT2D eigenvalue weighted by atomic mass is 35.5. The molecule has 0 aliphatic rings. The molecule has 7 heteroatoms. The van der Waals surface area contributed by atoms with Crippen molar-refractivity contribution in [2.24, 2.45) is 0 Å². The Morgan fingerprint density at radius 2 is 2.06 bits per heavy atom. The number of benzene rings is 1. The molecule has 4 nitrogen and oxygen atoms in total. The molecule has 0 saturated carbocycles. The number of rotatable bonds is 2. The summed E-state index contributed by atoms with van der Waals surface area (Å²) in [6.45, 7) is 0. The zero-order valence-corrected chi connectivity index (χ0v) is 10.8. The Hall–Kier alpha value is -1.24. The van der Waals surface area contributed by atoms with E-state index in [4.69, 9.17) is 11.6 Å². The van der Waals surface area contributed by atoms with Crippen molar-refractivity contribution < 1.29 is 0 Å². The van der Waals surface area contributed by atoms with Gasteiger partial charge >= 0.3 is 0 Å². The second-order valence-electron chi connectivity index (χ2n) is 3.12. The largest absolute Gasteiger partial charge is 0.224 e. The molecule has 2 aromatic heterocycles. The molecule has 0 saturated heterocycles. The fraction of sp³-hybridized carbons (Fsp3) is 0. The van der Waals surface area contributed by atoms with E-state index >= 15 is 0 Å². The minimum Gasteiger partial charge on any atom is -0.218 e. The van der Waals surface area contributed by atoms with Crippen LogP contribution in [0.1, 0.15) is 0 Å². The van der Waals surface area contributed by atoms with E-state index in [1.54, 1.807) is 0 Å². The highest BCUT2D eigenvalue weighted by molar-refractivity contribution is 8.01. The van der Waals surface area contributed by atoms with Crippen LogP contribution < -0.4 is 0 Å². The number of para-hydroxylation sites is 1. The Labute approximate surface area is 110 Å². The van der Waals surface area contributed by atoms with Crippen LogP contribution >= 0.6 is 34.9 Å². The fourth-order valence-corrected chi connectivity index (χ4v) is 3.09. The molecule has 2 heterocycles. The van der Waals surface area contributed by atoms with Gasteiger partial charge in [-0.2, -0.15) is 4.37 Å². The first-order valence-electron chi connectivity index (χ1n) is 4.70. The van der Waals surface area contributed by atoms with E-state index in [0.717, 1.165) is 20.3 Å². The predicted molar refractivity (Wildman–Crippen MR) is 68.6 cm³/mol. The Morgan fingerprint density at radius 1 is 1.18 bits per heavy atom. The van der Waals surface area contributed by atoms with Gasteiger partial charge in [-0.05, 0) is 41.0 Å². The second-order valence-corrected chi connectivity index (χ2v) is 5.48. The standard InChI is InChI=1S/C10H5ClN4S2/c11-9-14-7-4-2-1-3-6(7)8(15-9)16-10-12-5-13-17-10/h1-5H. The lowest BCUT2D eigenvalue weighted by molar-refractivity contribution is 1.10. The summed E-state index contributed by atoms with van der Waals surface area (Å²) < 4.78 is 4.79.